The van der Waals surface area contributed by atoms with Gasteiger partial charge in [0.15, 0.2) is 11.5 Å². The molecule has 6 heteroatoms. The molecule has 0 aromatic heterocycles. The Morgan fingerprint density at radius 3 is 2.65 bits per heavy atom. The zero-order valence-electron chi connectivity index (χ0n) is 15.6. The number of amides is 2. The smallest absolute Gasteiger partial charge is 0.220 e. The van der Waals surface area contributed by atoms with Gasteiger partial charge in [0.05, 0.1) is 14.2 Å². The average molecular weight is 360 g/mol. The lowest BCUT2D eigenvalue weighted by molar-refractivity contribution is -0.122. The molecule has 0 unspecified atom stereocenters. The Morgan fingerprint density at radius 2 is 2.04 bits per heavy atom. The normalized spacial score (nSPS) is 22.0. The van der Waals surface area contributed by atoms with E-state index in [-0.39, 0.29) is 17.4 Å². The van der Waals surface area contributed by atoms with Crippen LogP contribution < -0.4 is 20.1 Å². The second-order valence-corrected chi connectivity index (χ2v) is 7.44. The lowest BCUT2D eigenvalue weighted by atomic mass is 9.85. The van der Waals surface area contributed by atoms with Crippen LogP contribution in [-0.4, -0.2) is 38.1 Å². The summed E-state index contributed by atoms with van der Waals surface area (Å²) in [6.07, 6.45) is 5.45. The van der Waals surface area contributed by atoms with Crippen molar-refractivity contribution in [2.45, 2.75) is 50.5 Å². The molecule has 2 fully saturated rings. The predicted molar refractivity (Wildman–Crippen MR) is 98.3 cm³/mol. The minimum absolute atomic E-state index is 0.0591. The number of hydrogen-bond donors (Lipinski definition) is 2. The molecule has 1 aromatic carbocycles. The second kappa shape index (κ2) is 7.98. The fourth-order valence-corrected chi connectivity index (χ4v) is 3.58. The summed E-state index contributed by atoms with van der Waals surface area (Å²) in [5.74, 6) is 2.16. The summed E-state index contributed by atoms with van der Waals surface area (Å²) in [7, 11) is 3.22. The lowest BCUT2D eigenvalue weighted by Gasteiger charge is -2.29. The molecule has 1 aliphatic carbocycles. The number of carbonyl (C=O) groups excluding carboxylic acids is 2. The molecule has 142 valence electrons. The molecule has 6 nitrogen and oxygen atoms in total. The minimum atomic E-state index is -0.367. The van der Waals surface area contributed by atoms with Crippen LogP contribution in [0.3, 0.4) is 0 Å². The Bertz CT molecular complexity index is 672. The molecule has 3 rings (SSSR count). The fraction of sp³-hybridized carbons (Fsp3) is 0.600. The summed E-state index contributed by atoms with van der Waals surface area (Å²) in [6.45, 7) is 0.786. The Balaban J connectivity index is 1.65. The maximum Gasteiger partial charge on any atom is 0.220 e. The summed E-state index contributed by atoms with van der Waals surface area (Å²) in [5, 5.41) is 6.13. The molecular weight excluding hydrogens is 332 g/mol. The number of hydrogen-bond acceptors (Lipinski definition) is 4. The number of carbonyl (C=O) groups is 2. The van der Waals surface area contributed by atoms with Crippen molar-refractivity contribution in [1.82, 2.24) is 10.6 Å². The Hall–Kier alpha value is -2.24. The Kier molecular flexibility index (Phi) is 5.69. The molecule has 2 aliphatic rings. The van der Waals surface area contributed by atoms with Gasteiger partial charge in [0, 0.05) is 24.9 Å². The molecule has 1 saturated heterocycles. The second-order valence-electron chi connectivity index (χ2n) is 7.44. The number of benzene rings is 1. The van der Waals surface area contributed by atoms with Crippen molar-refractivity contribution >= 4 is 11.8 Å². The van der Waals surface area contributed by atoms with Gasteiger partial charge in [-0.2, -0.15) is 0 Å². The van der Waals surface area contributed by atoms with Crippen LogP contribution in [0.4, 0.5) is 0 Å². The van der Waals surface area contributed by atoms with Crippen LogP contribution in [0.5, 0.6) is 11.5 Å². The average Bonchev–Trinajstić information content (AvgIpc) is 3.41. The van der Waals surface area contributed by atoms with Crippen molar-refractivity contribution in [1.29, 1.82) is 0 Å². The SMILES string of the molecule is COc1ccc(C[C@]2(CCC(=O)NCC3CC3)CCC(=O)N2)cc1OC. The van der Waals surface area contributed by atoms with Crippen molar-refractivity contribution in [3.8, 4) is 11.5 Å². The van der Waals surface area contributed by atoms with E-state index in [2.05, 4.69) is 10.6 Å². The zero-order chi connectivity index (χ0) is 18.6. The summed E-state index contributed by atoms with van der Waals surface area (Å²) >= 11 is 0. The lowest BCUT2D eigenvalue weighted by Crippen LogP contribution is -2.44. The zero-order valence-corrected chi connectivity index (χ0v) is 15.6. The number of methoxy groups -OCH3 is 2. The van der Waals surface area contributed by atoms with Crippen molar-refractivity contribution in [2.75, 3.05) is 20.8 Å². The molecular formula is C20H28N2O4. The van der Waals surface area contributed by atoms with E-state index in [0.717, 1.165) is 18.5 Å². The Morgan fingerprint density at radius 1 is 1.27 bits per heavy atom. The highest BCUT2D eigenvalue weighted by atomic mass is 16.5. The monoisotopic (exact) mass is 360 g/mol. The third-order valence-corrected chi connectivity index (χ3v) is 5.34. The Labute approximate surface area is 154 Å². The van der Waals surface area contributed by atoms with Gasteiger partial charge in [0.2, 0.25) is 11.8 Å². The highest BCUT2D eigenvalue weighted by Crippen LogP contribution is 2.33. The molecule has 1 aliphatic heterocycles. The van der Waals surface area contributed by atoms with E-state index in [1.165, 1.54) is 12.8 Å². The molecule has 1 aromatic rings. The van der Waals surface area contributed by atoms with Gasteiger partial charge in [-0.05, 0) is 55.7 Å². The summed E-state index contributed by atoms with van der Waals surface area (Å²) in [4.78, 5) is 24.0. The largest absolute Gasteiger partial charge is 0.493 e. The minimum Gasteiger partial charge on any atom is -0.493 e. The molecule has 0 bridgehead atoms. The van der Waals surface area contributed by atoms with Gasteiger partial charge < -0.3 is 20.1 Å². The van der Waals surface area contributed by atoms with E-state index in [1.54, 1.807) is 14.2 Å². The molecule has 2 N–H and O–H groups in total. The van der Waals surface area contributed by atoms with Gasteiger partial charge in [0.25, 0.3) is 0 Å². The number of rotatable bonds is 9. The van der Waals surface area contributed by atoms with E-state index < -0.39 is 0 Å². The van der Waals surface area contributed by atoms with E-state index >= 15 is 0 Å². The number of nitrogens with one attached hydrogen (secondary N) is 2. The van der Waals surface area contributed by atoms with Crippen LogP contribution in [-0.2, 0) is 16.0 Å². The van der Waals surface area contributed by atoms with Gasteiger partial charge in [-0.25, -0.2) is 0 Å². The molecule has 1 atom stereocenters. The topological polar surface area (TPSA) is 76.7 Å². The van der Waals surface area contributed by atoms with Crippen LogP contribution >= 0.6 is 0 Å². The number of ether oxygens (including phenoxy) is 2. The summed E-state index contributed by atoms with van der Waals surface area (Å²) in [5.41, 5.74) is 0.691. The molecule has 26 heavy (non-hydrogen) atoms. The summed E-state index contributed by atoms with van der Waals surface area (Å²) in [6, 6.07) is 5.81. The van der Waals surface area contributed by atoms with E-state index in [4.69, 9.17) is 9.47 Å². The van der Waals surface area contributed by atoms with Crippen LogP contribution in [0, 0.1) is 5.92 Å². The van der Waals surface area contributed by atoms with Crippen molar-refractivity contribution in [2.24, 2.45) is 5.92 Å². The van der Waals surface area contributed by atoms with Crippen molar-refractivity contribution in [3.63, 3.8) is 0 Å². The molecule has 1 saturated carbocycles. The van der Waals surface area contributed by atoms with Gasteiger partial charge in [-0.3, -0.25) is 9.59 Å². The fourth-order valence-electron chi connectivity index (χ4n) is 3.58. The van der Waals surface area contributed by atoms with E-state index in [9.17, 15) is 9.59 Å². The van der Waals surface area contributed by atoms with Gasteiger partial charge >= 0.3 is 0 Å². The highest BCUT2D eigenvalue weighted by molar-refractivity contribution is 5.80. The van der Waals surface area contributed by atoms with Crippen LogP contribution in [0.25, 0.3) is 0 Å². The molecule has 2 amide bonds. The first-order valence-electron chi connectivity index (χ1n) is 9.32. The van der Waals surface area contributed by atoms with Gasteiger partial charge in [-0.1, -0.05) is 6.07 Å². The first-order valence-corrected chi connectivity index (χ1v) is 9.32. The van der Waals surface area contributed by atoms with E-state index in [0.29, 0.717) is 43.1 Å². The molecule has 0 radical (unpaired) electrons. The predicted octanol–water partition coefficient (Wildman–Crippen LogP) is 2.20. The summed E-state index contributed by atoms with van der Waals surface area (Å²) < 4.78 is 10.7. The van der Waals surface area contributed by atoms with Gasteiger partial charge in [-0.15, -0.1) is 0 Å². The standard InChI is InChI=1S/C20H28N2O4/c1-25-16-6-5-15(11-17(16)26-2)12-20(10-8-19(24)22-20)9-7-18(23)21-13-14-3-4-14/h5-6,11,14H,3-4,7-10,12-13H2,1-2H3,(H,21,23)(H,22,24)/t20-/m0/s1. The first kappa shape index (κ1) is 18.5. The van der Waals surface area contributed by atoms with Crippen molar-refractivity contribution < 1.29 is 19.1 Å². The third kappa shape index (κ3) is 4.68. The van der Waals surface area contributed by atoms with Crippen LogP contribution in [0.1, 0.15) is 44.1 Å². The maximum atomic E-state index is 12.1. The van der Waals surface area contributed by atoms with Crippen LogP contribution in [0.15, 0.2) is 18.2 Å². The van der Waals surface area contributed by atoms with Crippen molar-refractivity contribution in [3.05, 3.63) is 23.8 Å². The maximum absolute atomic E-state index is 12.1. The first-order chi connectivity index (χ1) is 12.5. The third-order valence-electron chi connectivity index (χ3n) is 5.34. The van der Waals surface area contributed by atoms with Crippen LogP contribution in [0.2, 0.25) is 0 Å². The van der Waals surface area contributed by atoms with Gasteiger partial charge in [0.1, 0.15) is 0 Å². The van der Waals surface area contributed by atoms with E-state index in [1.807, 2.05) is 18.2 Å². The quantitative estimate of drug-likeness (QED) is 0.708. The highest BCUT2D eigenvalue weighted by Gasteiger charge is 2.38. The molecule has 0 spiro atoms. The molecule has 1 heterocycles.